The van der Waals surface area contributed by atoms with Crippen LogP contribution in [0.3, 0.4) is 0 Å². The van der Waals surface area contributed by atoms with Crippen LogP contribution in [0.2, 0.25) is 0 Å². The molecule has 0 aromatic heterocycles. The van der Waals surface area contributed by atoms with Gasteiger partial charge in [0.15, 0.2) is 6.10 Å². The van der Waals surface area contributed by atoms with E-state index in [1.165, 1.54) is 27.9 Å². The van der Waals surface area contributed by atoms with Crippen LogP contribution < -0.4 is 0 Å². The van der Waals surface area contributed by atoms with E-state index in [4.69, 9.17) is 28.4 Å². The van der Waals surface area contributed by atoms with Crippen LogP contribution in [0.1, 0.15) is 87.0 Å². The zero-order valence-electron chi connectivity index (χ0n) is 29.5. The van der Waals surface area contributed by atoms with Gasteiger partial charge in [-0.05, 0) is 68.8 Å². The molecule has 6 aliphatic rings. The van der Waals surface area contributed by atoms with E-state index in [9.17, 15) is 29.4 Å². The second-order valence-electron chi connectivity index (χ2n) is 16.2. The van der Waals surface area contributed by atoms with Crippen molar-refractivity contribution in [1.29, 1.82) is 0 Å². The highest BCUT2D eigenvalue weighted by Gasteiger charge is 2.90. The molecular formula is C36H52O12. The maximum Gasteiger partial charge on any atom is 0.342 e. The number of hydrogen-bond donors (Lipinski definition) is 2. The number of rotatable bonds is 5. The highest BCUT2D eigenvalue weighted by molar-refractivity contribution is 5.87. The van der Waals surface area contributed by atoms with Gasteiger partial charge in [-0.25, -0.2) is 4.79 Å². The minimum absolute atomic E-state index is 0.0360. The first-order valence-corrected chi connectivity index (χ1v) is 17.3. The minimum Gasteiger partial charge on any atom is -0.467 e. The first kappa shape index (κ1) is 35.3. The number of esters is 4. The van der Waals surface area contributed by atoms with Crippen molar-refractivity contribution in [2.45, 2.75) is 129 Å². The molecule has 0 amide bonds. The Morgan fingerprint density at radius 1 is 0.958 bits per heavy atom. The number of fused-ring (bicyclic) bond motifs is 9. The molecule has 0 bridgehead atoms. The molecule has 2 saturated heterocycles. The highest BCUT2D eigenvalue weighted by Crippen LogP contribution is 2.78. The lowest BCUT2D eigenvalue weighted by Gasteiger charge is -2.74. The van der Waals surface area contributed by atoms with E-state index < -0.39 is 99.1 Å². The summed E-state index contributed by atoms with van der Waals surface area (Å²) >= 11 is 0. The van der Waals surface area contributed by atoms with Crippen LogP contribution in [0.5, 0.6) is 0 Å². The van der Waals surface area contributed by atoms with Crippen molar-refractivity contribution in [2.75, 3.05) is 20.3 Å². The third-order valence-electron chi connectivity index (χ3n) is 14.1. The molecule has 0 radical (unpaired) electrons. The third-order valence-corrected chi connectivity index (χ3v) is 14.1. The van der Waals surface area contributed by atoms with Crippen LogP contribution in [0.4, 0.5) is 0 Å². The van der Waals surface area contributed by atoms with Crippen molar-refractivity contribution in [1.82, 2.24) is 0 Å². The standard InChI is InChI=1S/C36H52O12/c1-18-15-35(42)25-12-13-31(6)24-11-10-14-44-17-34(24,19(2)37)16-23(45-20(3)38)26(31)32(25,7)28(46-21(4)39)29(47-22(5)40)33(35,8)36(27(18)48-36)30(41)43-9/h19,23-29,37,42H,1,10-17H2,2-9H3/t19?,23?,24-,25?,26?,27+,28+,29-,31-,32-,33+,34-,35+,36-/m0/s1. The Balaban J connectivity index is 1.64. The Hall–Kier alpha value is -2.54. The average molecular weight is 677 g/mol. The lowest BCUT2D eigenvalue weighted by atomic mass is 9.32. The Labute approximate surface area is 282 Å². The number of carbonyl (C=O) groups excluding carboxylic acids is 4. The van der Waals surface area contributed by atoms with Gasteiger partial charge in [0.1, 0.15) is 18.3 Å². The van der Waals surface area contributed by atoms with E-state index in [1.807, 2.05) is 6.92 Å². The summed E-state index contributed by atoms with van der Waals surface area (Å²) in [7, 11) is 1.23. The van der Waals surface area contributed by atoms with Crippen molar-refractivity contribution in [3.05, 3.63) is 12.2 Å². The smallest absolute Gasteiger partial charge is 0.342 e. The number of carbonyl (C=O) groups is 4. The molecule has 4 aliphatic carbocycles. The number of methoxy groups -OCH3 is 1. The normalized spacial score (nSPS) is 49.6. The predicted molar refractivity (Wildman–Crippen MR) is 168 cm³/mol. The van der Waals surface area contributed by atoms with Crippen LogP contribution in [0, 0.1) is 39.4 Å². The largest absolute Gasteiger partial charge is 0.467 e. The molecular weight excluding hydrogens is 624 g/mol. The quantitative estimate of drug-likeness (QED) is 0.189. The molecule has 0 spiro atoms. The van der Waals surface area contributed by atoms with Gasteiger partial charge < -0.3 is 38.6 Å². The molecule has 6 rings (SSSR count). The summed E-state index contributed by atoms with van der Waals surface area (Å²) in [4.78, 5) is 52.8. The predicted octanol–water partition coefficient (Wildman–Crippen LogP) is 3.04. The minimum atomic E-state index is -1.77. The molecule has 2 N–H and O–H groups in total. The number of ether oxygens (including phenoxy) is 6. The summed E-state index contributed by atoms with van der Waals surface area (Å²) in [5.41, 5.74) is -7.21. The molecule has 6 fully saturated rings. The van der Waals surface area contributed by atoms with Crippen LogP contribution >= 0.6 is 0 Å². The molecule has 2 aliphatic heterocycles. The molecule has 2 heterocycles. The van der Waals surface area contributed by atoms with E-state index in [2.05, 4.69) is 13.5 Å². The second kappa shape index (κ2) is 11.2. The fourth-order valence-corrected chi connectivity index (χ4v) is 12.5. The third kappa shape index (κ3) is 4.27. The van der Waals surface area contributed by atoms with E-state index in [1.54, 1.807) is 13.8 Å². The van der Waals surface area contributed by atoms with Gasteiger partial charge in [-0.2, -0.15) is 0 Å². The number of aliphatic hydroxyl groups is 2. The molecule has 4 saturated carbocycles. The van der Waals surface area contributed by atoms with E-state index in [0.29, 0.717) is 31.6 Å². The lowest BCUT2D eigenvalue weighted by molar-refractivity contribution is -0.349. The molecule has 4 unspecified atom stereocenters. The Bertz CT molecular complexity index is 1410. The highest BCUT2D eigenvalue weighted by atomic mass is 16.7. The fraction of sp³-hybridized carbons (Fsp3) is 0.833. The topological polar surface area (TPSA) is 167 Å². The van der Waals surface area contributed by atoms with Gasteiger partial charge in [-0.3, -0.25) is 14.4 Å². The summed E-state index contributed by atoms with van der Waals surface area (Å²) in [6.45, 7) is 16.4. The van der Waals surface area contributed by atoms with Crippen molar-refractivity contribution < 1.29 is 57.8 Å². The molecule has 48 heavy (non-hydrogen) atoms. The average Bonchev–Trinajstić information content (AvgIpc) is 3.78. The van der Waals surface area contributed by atoms with Gasteiger partial charge in [0, 0.05) is 50.5 Å². The SMILES string of the molecule is C=C1C[C@@]2(O)C3CC[C@]4(C)C(C(OC(C)=O)C[C@@]5(C(C)O)COCCC[C@H]54)[C@@]3(C)[C@H](OC(C)=O)[C@H](OC(C)=O)[C@@]2(C)[C@]2(C(=O)OC)O[C@H]12. The maximum absolute atomic E-state index is 13.8. The monoisotopic (exact) mass is 676 g/mol. The Morgan fingerprint density at radius 2 is 1.58 bits per heavy atom. The van der Waals surface area contributed by atoms with Gasteiger partial charge in [0.05, 0.1) is 30.8 Å². The second-order valence-corrected chi connectivity index (χ2v) is 16.2. The summed E-state index contributed by atoms with van der Waals surface area (Å²) in [6, 6.07) is 0. The van der Waals surface area contributed by atoms with E-state index in [-0.39, 0.29) is 18.8 Å². The molecule has 14 atom stereocenters. The van der Waals surface area contributed by atoms with E-state index in [0.717, 1.165) is 12.8 Å². The lowest BCUT2D eigenvalue weighted by Crippen LogP contribution is -2.83. The zero-order chi connectivity index (χ0) is 35.4. The fourth-order valence-electron chi connectivity index (χ4n) is 12.5. The van der Waals surface area contributed by atoms with E-state index >= 15 is 0 Å². The van der Waals surface area contributed by atoms with Gasteiger partial charge >= 0.3 is 23.9 Å². The van der Waals surface area contributed by atoms with Crippen LogP contribution in [0.25, 0.3) is 0 Å². The van der Waals surface area contributed by atoms with Crippen LogP contribution in [-0.4, -0.2) is 96.1 Å². The first-order chi connectivity index (χ1) is 22.3. The van der Waals surface area contributed by atoms with Gasteiger partial charge in [-0.1, -0.05) is 20.4 Å². The van der Waals surface area contributed by atoms with Crippen molar-refractivity contribution >= 4 is 23.9 Å². The van der Waals surface area contributed by atoms with Crippen LogP contribution in [0.15, 0.2) is 12.2 Å². The Kier molecular flexibility index (Phi) is 8.26. The summed E-state index contributed by atoms with van der Waals surface area (Å²) in [5, 5.41) is 24.9. The van der Waals surface area contributed by atoms with Crippen molar-refractivity contribution in [3.8, 4) is 0 Å². The summed E-state index contributed by atoms with van der Waals surface area (Å²) < 4.78 is 36.3. The van der Waals surface area contributed by atoms with Crippen molar-refractivity contribution in [3.63, 3.8) is 0 Å². The van der Waals surface area contributed by atoms with Crippen molar-refractivity contribution in [2.24, 2.45) is 39.4 Å². The number of aliphatic hydroxyl groups excluding tert-OH is 1. The van der Waals surface area contributed by atoms with Gasteiger partial charge in [-0.15, -0.1) is 0 Å². The molecule has 0 aromatic carbocycles. The number of hydrogen-bond acceptors (Lipinski definition) is 12. The summed E-state index contributed by atoms with van der Waals surface area (Å²) in [6.07, 6.45) is -2.12. The molecule has 12 heteroatoms. The number of epoxide rings is 1. The van der Waals surface area contributed by atoms with Gasteiger partial charge in [0.25, 0.3) is 0 Å². The first-order valence-electron chi connectivity index (χ1n) is 17.3. The molecule has 268 valence electrons. The zero-order valence-corrected chi connectivity index (χ0v) is 29.5. The van der Waals surface area contributed by atoms with Gasteiger partial charge in [0.2, 0.25) is 5.60 Å². The maximum atomic E-state index is 13.8. The van der Waals surface area contributed by atoms with Crippen LogP contribution in [-0.2, 0) is 47.6 Å². The Morgan fingerprint density at radius 3 is 2.17 bits per heavy atom. The summed E-state index contributed by atoms with van der Waals surface area (Å²) in [5.74, 6) is -3.89. The molecule has 12 nitrogen and oxygen atoms in total. The molecule has 0 aromatic rings.